The summed E-state index contributed by atoms with van der Waals surface area (Å²) in [6.07, 6.45) is 5.65. The van der Waals surface area contributed by atoms with Crippen LogP contribution in [-0.4, -0.2) is 26.5 Å². The number of Topliss-reactive ketones (excluding diaryl/α,β-unsaturated/α-hetero) is 1. The number of halogens is 1. The number of nitrogens with one attached hydrogen (secondary N) is 1. The van der Waals surface area contributed by atoms with Crippen molar-refractivity contribution in [3.8, 4) is 0 Å². The molecule has 0 bridgehead atoms. The molecule has 2 rings (SSSR count). The van der Waals surface area contributed by atoms with Crippen LogP contribution in [0.15, 0.2) is 29.2 Å². The van der Waals surface area contributed by atoms with Crippen LogP contribution >= 0.6 is 11.8 Å². The lowest BCUT2D eigenvalue weighted by Crippen LogP contribution is -2.19. The average Bonchev–Trinajstić information content (AvgIpc) is 2.53. The van der Waals surface area contributed by atoms with Gasteiger partial charge >= 0.3 is 0 Å². The van der Waals surface area contributed by atoms with Gasteiger partial charge in [-0.05, 0) is 42.7 Å². The second kappa shape index (κ2) is 8.09. The van der Waals surface area contributed by atoms with Gasteiger partial charge in [-0.2, -0.15) is 0 Å². The zero-order valence-corrected chi connectivity index (χ0v) is 14.1. The number of hydrogen-bond donors (Lipinski definition) is 1. The summed E-state index contributed by atoms with van der Waals surface area (Å²) in [6.45, 7) is 0.361. The summed E-state index contributed by atoms with van der Waals surface area (Å²) in [6, 6.07) is 6.36. The Kier molecular flexibility index (Phi) is 6.41. The summed E-state index contributed by atoms with van der Waals surface area (Å²) in [5, 5.41) is 0. The summed E-state index contributed by atoms with van der Waals surface area (Å²) < 4.78 is 25.1. The van der Waals surface area contributed by atoms with Crippen molar-refractivity contribution in [3.05, 3.63) is 29.8 Å². The van der Waals surface area contributed by atoms with E-state index in [2.05, 4.69) is 4.84 Å². The van der Waals surface area contributed by atoms with E-state index < -0.39 is 9.84 Å². The van der Waals surface area contributed by atoms with Crippen LogP contribution in [0, 0.1) is 5.92 Å². The van der Waals surface area contributed by atoms with Gasteiger partial charge in [0.15, 0.2) is 15.6 Å². The fourth-order valence-corrected chi connectivity index (χ4v) is 4.76. The van der Waals surface area contributed by atoms with Gasteiger partial charge in [0.2, 0.25) is 0 Å². The third kappa shape index (κ3) is 4.80. The molecular weight excluding hydrogens is 322 g/mol. The van der Waals surface area contributed by atoms with Crippen LogP contribution in [0.2, 0.25) is 0 Å². The monoisotopic (exact) mass is 343 g/mol. The normalized spacial score (nSPS) is 16.6. The first-order valence-electron chi connectivity index (χ1n) is 7.72. The van der Waals surface area contributed by atoms with Crippen LogP contribution in [0.25, 0.3) is 0 Å². The van der Waals surface area contributed by atoms with Gasteiger partial charge in [-0.15, -0.1) is 0 Å². The van der Waals surface area contributed by atoms with Gasteiger partial charge in [-0.3, -0.25) is 4.79 Å². The van der Waals surface area contributed by atoms with E-state index >= 15 is 0 Å². The lowest BCUT2D eigenvalue weighted by atomic mass is 9.91. The Balaban J connectivity index is 2.11. The highest BCUT2D eigenvalue weighted by Gasteiger charge is 2.23. The van der Waals surface area contributed by atoms with Crippen molar-refractivity contribution in [2.24, 2.45) is 5.92 Å². The van der Waals surface area contributed by atoms with Crippen LogP contribution in [0.4, 0.5) is 0 Å². The number of rotatable bonds is 7. The number of benzene rings is 1. The molecule has 1 fully saturated rings. The van der Waals surface area contributed by atoms with E-state index in [4.69, 9.17) is 11.8 Å². The van der Waals surface area contributed by atoms with Crippen LogP contribution < -0.4 is 4.84 Å². The minimum atomic E-state index is -3.33. The summed E-state index contributed by atoms with van der Waals surface area (Å²) in [5.41, 5.74) is 0.427. The van der Waals surface area contributed by atoms with Gasteiger partial charge in [-0.1, -0.05) is 31.4 Å². The van der Waals surface area contributed by atoms with Crippen LogP contribution in [0.3, 0.4) is 0 Å². The van der Waals surface area contributed by atoms with Gasteiger partial charge in [0.1, 0.15) is 0 Å². The van der Waals surface area contributed by atoms with Crippen molar-refractivity contribution in [3.63, 3.8) is 0 Å². The Labute approximate surface area is 137 Å². The summed E-state index contributed by atoms with van der Waals surface area (Å²) in [4.78, 5) is 14.6. The first kappa shape index (κ1) is 17.4. The molecule has 1 aliphatic carbocycles. The van der Waals surface area contributed by atoms with Crippen LogP contribution in [0.1, 0.15) is 48.9 Å². The lowest BCUT2D eigenvalue weighted by Gasteiger charge is -2.21. The lowest BCUT2D eigenvalue weighted by molar-refractivity contribution is 0.0984. The maximum absolute atomic E-state index is 12.5. The fourth-order valence-electron chi connectivity index (χ4n) is 2.93. The molecule has 1 saturated carbocycles. The van der Waals surface area contributed by atoms with Gasteiger partial charge < -0.3 is 0 Å². The largest absolute Gasteiger partial charge is 0.294 e. The number of hydrogen-bond acceptors (Lipinski definition) is 4. The topological polar surface area (TPSA) is 63.2 Å². The molecule has 22 heavy (non-hydrogen) atoms. The summed E-state index contributed by atoms with van der Waals surface area (Å²) in [5.74, 6) is 0.329. The van der Waals surface area contributed by atoms with Crippen LogP contribution in [0.5, 0.6) is 0 Å². The molecule has 1 aliphatic rings. The Morgan fingerprint density at radius 3 is 2.64 bits per heavy atom. The first-order valence-corrected chi connectivity index (χ1v) is 9.75. The molecule has 0 radical (unpaired) electrons. The molecule has 4 nitrogen and oxygen atoms in total. The van der Waals surface area contributed by atoms with Crippen molar-refractivity contribution in [2.45, 2.75) is 43.4 Å². The van der Waals surface area contributed by atoms with Gasteiger partial charge in [-0.25, -0.2) is 13.3 Å². The summed E-state index contributed by atoms with van der Waals surface area (Å²) in [7, 11) is -3.33. The molecule has 0 atom stereocenters. The van der Waals surface area contributed by atoms with E-state index in [9.17, 15) is 13.2 Å². The minimum Gasteiger partial charge on any atom is -0.294 e. The quantitative estimate of drug-likeness (QED) is 0.609. The van der Waals surface area contributed by atoms with E-state index in [1.807, 2.05) is 0 Å². The van der Waals surface area contributed by atoms with E-state index in [0.29, 0.717) is 12.1 Å². The molecular formula is C16H22ClNO3S. The van der Waals surface area contributed by atoms with Crippen molar-refractivity contribution in [1.29, 1.82) is 0 Å². The zero-order chi connectivity index (χ0) is 16.0. The highest BCUT2D eigenvalue weighted by molar-refractivity contribution is 7.91. The number of carbonyl (C=O) groups is 1. The summed E-state index contributed by atoms with van der Waals surface area (Å²) >= 11 is 5.35. The predicted octanol–water partition coefficient (Wildman–Crippen LogP) is 3.36. The van der Waals surface area contributed by atoms with Crippen LogP contribution in [-0.2, 0) is 9.84 Å². The predicted molar refractivity (Wildman–Crippen MR) is 87.9 cm³/mol. The SMILES string of the molecule is O=C(CCNCl)c1cccc(S(=O)(=O)CC2CCCCC2)c1. The number of ketones is 1. The first-order chi connectivity index (χ1) is 10.5. The molecule has 1 aromatic carbocycles. The molecule has 0 amide bonds. The molecule has 0 unspecified atom stereocenters. The third-order valence-electron chi connectivity index (χ3n) is 4.14. The fraction of sp³-hybridized carbons (Fsp3) is 0.562. The van der Waals surface area contributed by atoms with Crippen molar-refractivity contribution < 1.29 is 13.2 Å². The Morgan fingerprint density at radius 1 is 1.23 bits per heavy atom. The Bertz CT molecular complexity index is 610. The van der Waals surface area contributed by atoms with E-state index in [1.54, 1.807) is 18.2 Å². The van der Waals surface area contributed by atoms with Gasteiger partial charge in [0, 0.05) is 18.5 Å². The average molecular weight is 344 g/mol. The molecule has 0 aliphatic heterocycles. The Hall–Kier alpha value is -0.910. The van der Waals surface area contributed by atoms with Gasteiger partial charge in [0.25, 0.3) is 0 Å². The van der Waals surface area contributed by atoms with Crippen molar-refractivity contribution in [2.75, 3.05) is 12.3 Å². The molecule has 0 saturated heterocycles. The third-order valence-corrected chi connectivity index (χ3v) is 6.21. The maximum Gasteiger partial charge on any atom is 0.178 e. The Morgan fingerprint density at radius 2 is 1.95 bits per heavy atom. The van der Waals surface area contributed by atoms with Crippen molar-refractivity contribution in [1.82, 2.24) is 4.84 Å². The zero-order valence-electron chi connectivity index (χ0n) is 12.6. The minimum absolute atomic E-state index is 0.108. The highest BCUT2D eigenvalue weighted by atomic mass is 35.5. The highest BCUT2D eigenvalue weighted by Crippen LogP contribution is 2.27. The second-order valence-corrected chi connectivity index (χ2v) is 8.17. The number of carbonyl (C=O) groups excluding carboxylic acids is 1. The van der Waals surface area contributed by atoms with E-state index in [-0.39, 0.29) is 28.8 Å². The second-order valence-electron chi connectivity index (χ2n) is 5.87. The molecule has 122 valence electrons. The molecule has 0 heterocycles. The standard InChI is InChI=1S/C16H22ClNO3S/c17-18-10-9-16(19)14-7-4-8-15(11-14)22(20,21)12-13-5-2-1-3-6-13/h4,7-8,11,13,18H,1-3,5-6,9-10,12H2. The molecule has 6 heteroatoms. The van der Waals surface area contributed by atoms with Crippen molar-refractivity contribution >= 4 is 27.4 Å². The van der Waals surface area contributed by atoms with E-state index in [0.717, 1.165) is 25.7 Å². The molecule has 1 N–H and O–H groups in total. The molecule has 0 aromatic heterocycles. The van der Waals surface area contributed by atoms with E-state index in [1.165, 1.54) is 12.5 Å². The number of sulfone groups is 1. The maximum atomic E-state index is 12.5. The smallest absolute Gasteiger partial charge is 0.178 e. The molecule has 0 spiro atoms. The van der Waals surface area contributed by atoms with Gasteiger partial charge in [0.05, 0.1) is 10.6 Å². The molecule has 1 aromatic rings.